The molecule has 1 N–H and O–H groups in total. The van der Waals surface area contributed by atoms with Gasteiger partial charge in [0.1, 0.15) is 0 Å². The van der Waals surface area contributed by atoms with E-state index < -0.39 is 0 Å². The molecule has 29 heavy (non-hydrogen) atoms. The summed E-state index contributed by atoms with van der Waals surface area (Å²) in [6, 6.07) is 6.38. The van der Waals surface area contributed by atoms with Gasteiger partial charge < -0.3 is 15.1 Å². The molecular weight excluding hydrogens is 362 g/mol. The summed E-state index contributed by atoms with van der Waals surface area (Å²) in [7, 11) is 0. The van der Waals surface area contributed by atoms with E-state index in [0.29, 0.717) is 12.3 Å². The highest BCUT2D eigenvalue weighted by Crippen LogP contribution is 2.60. The van der Waals surface area contributed by atoms with Crippen molar-refractivity contribution in [2.45, 2.75) is 51.4 Å². The fraction of sp³-hybridized carbons (Fsp3) is 0.667. The van der Waals surface area contributed by atoms with Crippen LogP contribution in [0, 0.1) is 23.2 Å². The van der Waals surface area contributed by atoms with E-state index in [2.05, 4.69) is 27.2 Å². The Morgan fingerprint density at radius 1 is 0.931 bits per heavy atom. The summed E-state index contributed by atoms with van der Waals surface area (Å²) in [5, 5.41) is 2.96. The fourth-order valence-electron chi connectivity index (χ4n) is 7.44. The maximum atomic E-state index is 13.6. The molecule has 0 aromatic heterocycles. The van der Waals surface area contributed by atoms with Crippen LogP contribution < -0.4 is 10.2 Å². The second-order valence-electron chi connectivity index (χ2n) is 10.4. The lowest BCUT2D eigenvalue weighted by Gasteiger charge is -2.57. The molecule has 2 amide bonds. The first kappa shape index (κ1) is 17.8. The molecule has 0 atom stereocenters. The van der Waals surface area contributed by atoms with Crippen molar-refractivity contribution in [2.75, 3.05) is 36.4 Å². The molecule has 1 saturated heterocycles. The van der Waals surface area contributed by atoms with E-state index in [1.54, 1.807) is 0 Å². The van der Waals surface area contributed by atoms with Crippen LogP contribution in [0.5, 0.6) is 0 Å². The Balaban J connectivity index is 1.13. The zero-order chi connectivity index (χ0) is 19.6. The van der Waals surface area contributed by atoms with E-state index in [9.17, 15) is 9.59 Å². The predicted octanol–water partition coefficient (Wildman–Crippen LogP) is 3.44. The van der Waals surface area contributed by atoms with Gasteiger partial charge in [-0.1, -0.05) is 0 Å². The van der Waals surface area contributed by atoms with Crippen LogP contribution in [0.2, 0.25) is 0 Å². The first-order chi connectivity index (χ1) is 14.1. The number of benzene rings is 1. The van der Waals surface area contributed by atoms with Crippen LogP contribution in [0.25, 0.3) is 0 Å². The largest absolute Gasteiger partial charge is 0.368 e. The molecule has 4 saturated carbocycles. The van der Waals surface area contributed by atoms with Gasteiger partial charge >= 0.3 is 0 Å². The third-order valence-corrected chi connectivity index (χ3v) is 8.41. The zero-order valence-electron chi connectivity index (χ0n) is 17.2. The topological polar surface area (TPSA) is 52.7 Å². The smallest absolute Gasteiger partial charge is 0.228 e. The number of hydrogen-bond acceptors (Lipinski definition) is 3. The fourth-order valence-corrected chi connectivity index (χ4v) is 7.44. The first-order valence-corrected chi connectivity index (χ1v) is 11.6. The number of aryl methyl sites for hydroxylation is 1. The van der Waals surface area contributed by atoms with Gasteiger partial charge in [-0.05, 0) is 86.5 Å². The lowest BCUT2D eigenvalue weighted by Crippen LogP contribution is -2.58. The van der Waals surface area contributed by atoms with Crippen molar-refractivity contribution in [3.05, 3.63) is 23.8 Å². The van der Waals surface area contributed by atoms with Crippen LogP contribution in [-0.4, -0.2) is 42.9 Å². The van der Waals surface area contributed by atoms with Gasteiger partial charge in [0.25, 0.3) is 0 Å². The van der Waals surface area contributed by atoms with Gasteiger partial charge in [-0.15, -0.1) is 0 Å². The number of nitrogens with zero attached hydrogens (tertiary/aromatic N) is 2. The number of rotatable bonds is 2. The molecule has 1 aromatic carbocycles. The monoisotopic (exact) mass is 393 g/mol. The summed E-state index contributed by atoms with van der Waals surface area (Å²) in [4.78, 5) is 29.8. The van der Waals surface area contributed by atoms with E-state index in [-0.39, 0.29) is 11.3 Å². The molecule has 1 aromatic rings. The second-order valence-corrected chi connectivity index (χ2v) is 10.4. The second kappa shape index (κ2) is 6.48. The number of hydrogen-bond donors (Lipinski definition) is 1. The van der Waals surface area contributed by atoms with Crippen molar-refractivity contribution in [3.8, 4) is 0 Å². The number of fused-ring (bicyclic) bond motifs is 1. The van der Waals surface area contributed by atoms with Gasteiger partial charge in [0.05, 0.1) is 5.41 Å². The highest BCUT2D eigenvalue weighted by Gasteiger charge is 2.55. The molecule has 0 radical (unpaired) electrons. The maximum absolute atomic E-state index is 13.6. The summed E-state index contributed by atoms with van der Waals surface area (Å²) in [6.45, 7) is 3.50. The number of piperazine rings is 1. The molecule has 4 bridgehead atoms. The van der Waals surface area contributed by atoms with Gasteiger partial charge in [-0.2, -0.15) is 0 Å². The minimum Gasteiger partial charge on any atom is -0.368 e. The normalized spacial score (nSPS) is 35.4. The Kier molecular flexibility index (Phi) is 3.97. The van der Waals surface area contributed by atoms with Crippen LogP contribution in [0.3, 0.4) is 0 Å². The van der Waals surface area contributed by atoms with Crippen LogP contribution in [0.1, 0.15) is 50.5 Å². The van der Waals surface area contributed by atoms with E-state index in [0.717, 1.165) is 75.3 Å². The van der Waals surface area contributed by atoms with Gasteiger partial charge in [0.2, 0.25) is 11.8 Å². The van der Waals surface area contributed by atoms with Crippen molar-refractivity contribution in [3.63, 3.8) is 0 Å². The van der Waals surface area contributed by atoms with Gasteiger partial charge in [-0.25, -0.2) is 0 Å². The van der Waals surface area contributed by atoms with Crippen LogP contribution in [-0.2, 0) is 16.0 Å². The average molecular weight is 394 g/mol. The summed E-state index contributed by atoms with van der Waals surface area (Å²) in [5.41, 5.74) is 3.40. The number of nitrogens with one attached hydrogen (secondary N) is 1. The van der Waals surface area contributed by atoms with E-state index in [4.69, 9.17) is 0 Å². The quantitative estimate of drug-likeness (QED) is 0.837. The van der Waals surface area contributed by atoms with Gasteiger partial charge in [0, 0.05) is 44.0 Å². The number of carbonyl (C=O) groups excluding carboxylic acids is 2. The van der Waals surface area contributed by atoms with Crippen LogP contribution in [0.4, 0.5) is 11.4 Å². The molecule has 2 heterocycles. The van der Waals surface area contributed by atoms with Gasteiger partial charge in [0.15, 0.2) is 0 Å². The molecule has 7 rings (SSSR count). The van der Waals surface area contributed by atoms with E-state index >= 15 is 0 Å². The SMILES string of the molecule is O=C1CCc2cc(N3CCN(C(=O)C45CC6CC(CC(C6)C4)C5)CC3)ccc2N1. The van der Waals surface area contributed by atoms with E-state index in [1.807, 2.05) is 6.07 Å². The van der Waals surface area contributed by atoms with Gasteiger partial charge in [-0.3, -0.25) is 9.59 Å². The Morgan fingerprint density at radius 3 is 2.24 bits per heavy atom. The summed E-state index contributed by atoms with van der Waals surface area (Å²) in [5.74, 6) is 3.05. The molecule has 5 nitrogen and oxygen atoms in total. The molecule has 0 unspecified atom stereocenters. The molecular formula is C24H31N3O2. The molecule has 6 aliphatic rings. The molecule has 154 valence electrons. The Hall–Kier alpha value is -2.04. The molecule has 2 aliphatic heterocycles. The zero-order valence-corrected chi connectivity index (χ0v) is 17.2. The summed E-state index contributed by atoms with van der Waals surface area (Å²) < 4.78 is 0. The third kappa shape index (κ3) is 2.96. The van der Waals surface area contributed by atoms with Crippen molar-refractivity contribution in [1.82, 2.24) is 4.90 Å². The lowest BCUT2D eigenvalue weighted by molar-refractivity contribution is -0.158. The average Bonchev–Trinajstić information content (AvgIpc) is 2.72. The standard InChI is InChI=1S/C24H31N3O2/c28-22-4-1-19-12-20(2-3-21(19)25-22)26-5-7-27(8-6-26)23(29)24-13-16-9-17(14-24)11-18(10-16)15-24/h2-3,12,16-18H,1,4-11,13-15H2,(H,25,28). The van der Waals surface area contributed by atoms with Crippen molar-refractivity contribution >= 4 is 23.2 Å². The minimum absolute atomic E-state index is 0.0129. The Morgan fingerprint density at radius 2 is 1.59 bits per heavy atom. The number of anilines is 2. The molecule has 5 heteroatoms. The summed E-state index contributed by atoms with van der Waals surface area (Å²) >= 11 is 0. The first-order valence-electron chi connectivity index (χ1n) is 11.6. The van der Waals surface area contributed by atoms with Crippen LogP contribution >= 0.6 is 0 Å². The minimum atomic E-state index is -0.0129. The molecule has 4 aliphatic carbocycles. The van der Waals surface area contributed by atoms with Crippen molar-refractivity contribution in [1.29, 1.82) is 0 Å². The summed E-state index contributed by atoms with van der Waals surface area (Å²) in [6.07, 6.45) is 9.04. The Bertz CT molecular complexity index is 820. The maximum Gasteiger partial charge on any atom is 0.228 e. The van der Waals surface area contributed by atoms with Crippen molar-refractivity contribution < 1.29 is 9.59 Å². The highest BCUT2D eigenvalue weighted by atomic mass is 16.2. The van der Waals surface area contributed by atoms with Crippen molar-refractivity contribution in [2.24, 2.45) is 23.2 Å². The highest BCUT2D eigenvalue weighted by molar-refractivity contribution is 5.94. The van der Waals surface area contributed by atoms with Crippen LogP contribution in [0.15, 0.2) is 18.2 Å². The molecule has 5 fully saturated rings. The predicted molar refractivity (Wildman–Crippen MR) is 113 cm³/mol. The Labute approximate surface area is 172 Å². The third-order valence-electron chi connectivity index (χ3n) is 8.41. The number of carbonyl (C=O) groups is 2. The van der Waals surface area contributed by atoms with E-state index in [1.165, 1.54) is 30.5 Å². The lowest BCUT2D eigenvalue weighted by atomic mass is 9.49. The number of amides is 2. The molecule has 0 spiro atoms.